The number of hydrogen-bond acceptors (Lipinski definition) is 19. The molecule has 1 fully saturated rings. The maximum absolute atomic E-state index is 12.3. The minimum atomic E-state index is -3.47. The lowest BCUT2D eigenvalue weighted by Crippen LogP contribution is -2.41. The van der Waals surface area contributed by atoms with Crippen LogP contribution in [0.3, 0.4) is 0 Å². The van der Waals surface area contributed by atoms with Gasteiger partial charge in [0, 0.05) is 63.8 Å². The number of thiophene rings is 4. The number of fused-ring (bicyclic) bond motifs is 5. The minimum Gasteiger partial charge on any atom is -0.444 e. The zero-order valence-corrected chi connectivity index (χ0v) is 60.9. The first-order valence-corrected chi connectivity index (χ1v) is 35.9. The summed E-state index contributed by atoms with van der Waals surface area (Å²) in [5, 5.41) is 18.9. The van der Waals surface area contributed by atoms with Gasteiger partial charge in [-0.15, -0.1) is 45.3 Å². The van der Waals surface area contributed by atoms with Gasteiger partial charge in [-0.2, -0.15) is 0 Å². The molecule has 7 heterocycles. The first-order chi connectivity index (χ1) is 43.4. The standard InChI is InChI=1S/C27H25N5O4S2.C19H26BNO4S.C13H14BrNO2S.C8H6BrNS/c1-27(2,3)36-26(33)32-24-12-17-11-16(5-6-22(17)37-24)19-13-18(14-20-25(19)30-10-9-29-20)31-21-15-28-8-7-23(21)38(4,34)35;1-17(2,3)23-16(22)21-15-11-12-10-13(8-9-14(12)26-15)20-24-18(4,5)19(6,7)25-20;1-13(2,3)17-12(16)15-11-7-8-6-9(14)4-5-10(8)18-11;9-6-1-2-7-5(3-6)4-8(10)11-7/h5-15,31H,1-4H3,(H,32,33);8-11H,1-7H3,(H,21,22);4-7H,1-3H3,(H,15,16);1-4H,10H2. The van der Waals surface area contributed by atoms with Gasteiger partial charge in [0.2, 0.25) is 0 Å². The van der Waals surface area contributed by atoms with E-state index in [1.54, 1.807) is 23.7 Å². The Kier molecular flexibility index (Phi) is 21.1. The largest absolute Gasteiger partial charge is 0.494 e. The lowest BCUT2D eigenvalue weighted by atomic mass is 9.79. The van der Waals surface area contributed by atoms with Crippen LogP contribution >= 0.6 is 77.2 Å². The van der Waals surface area contributed by atoms with Crippen molar-refractivity contribution in [3.8, 4) is 11.1 Å². The molecule has 0 aliphatic carbocycles. The lowest BCUT2D eigenvalue weighted by molar-refractivity contribution is 0.00578. The number of carbonyl (C=O) groups excluding carboxylic acids is 3. The van der Waals surface area contributed by atoms with Gasteiger partial charge in [0.05, 0.1) is 59.0 Å². The molecule has 0 unspecified atom stereocenters. The lowest BCUT2D eigenvalue weighted by Gasteiger charge is -2.32. The molecule has 486 valence electrons. The van der Waals surface area contributed by atoms with Gasteiger partial charge in [-0.1, -0.05) is 50.1 Å². The Morgan fingerprint density at radius 2 is 1.01 bits per heavy atom. The van der Waals surface area contributed by atoms with Crippen molar-refractivity contribution in [2.24, 2.45) is 0 Å². The van der Waals surface area contributed by atoms with Crippen LogP contribution in [0.15, 0.2) is 154 Å². The average Bonchev–Trinajstić information content (AvgIpc) is 1.75. The van der Waals surface area contributed by atoms with Crippen LogP contribution in [0, 0.1) is 0 Å². The molecular formula is C67H71BBr2N8O10S5. The topological polar surface area (TPSA) is 244 Å². The first-order valence-electron chi connectivity index (χ1n) is 29.1. The van der Waals surface area contributed by atoms with Crippen LogP contribution in [0.5, 0.6) is 0 Å². The number of benzene rings is 5. The molecule has 3 amide bonds. The third-order valence-corrected chi connectivity index (χ3v) is 20.0. The number of carbonyl (C=O) groups is 3. The predicted octanol–water partition coefficient (Wildman–Crippen LogP) is 19.2. The average molecular weight is 1480 g/mol. The van der Waals surface area contributed by atoms with Gasteiger partial charge in [0.1, 0.15) is 16.8 Å². The van der Waals surface area contributed by atoms with E-state index in [-0.39, 0.29) is 16.1 Å². The van der Waals surface area contributed by atoms with E-state index < -0.39 is 52.0 Å². The van der Waals surface area contributed by atoms with E-state index in [9.17, 15) is 22.8 Å². The van der Waals surface area contributed by atoms with Crippen molar-refractivity contribution >= 4 is 201 Å². The Morgan fingerprint density at radius 3 is 1.52 bits per heavy atom. The highest BCUT2D eigenvalue weighted by Crippen LogP contribution is 2.40. The summed E-state index contributed by atoms with van der Waals surface area (Å²) < 4.78 is 59.2. The Balaban J connectivity index is 0.000000160. The fraction of sp³-hybridized carbons (Fsp3) is 0.284. The fourth-order valence-corrected chi connectivity index (χ4v) is 14.3. The van der Waals surface area contributed by atoms with Crippen molar-refractivity contribution in [2.75, 3.05) is 33.3 Å². The zero-order valence-electron chi connectivity index (χ0n) is 53.7. The van der Waals surface area contributed by atoms with Crippen molar-refractivity contribution in [1.29, 1.82) is 0 Å². The maximum atomic E-state index is 12.3. The Morgan fingerprint density at radius 1 is 0.559 bits per heavy atom. The highest BCUT2D eigenvalue weighted by molar-refractivity contribution is 9.10. The molecule has 1 saturated heterocycles. The SMILES string of the molecule is CC(C)(C)OC(=O)Nc1cc2cc(-c3cc(Nc4cnccc4S(C)(=O)=O)cc4nccnc34)ccc2s1.CC(C)(C)OC(=O)Nc1cc2cc(B3OC(C)(C)C(C)(C)O3)ccc2s1.CC(C)(C)OC(=O)Nc1cc2cc(Br)ccc2s1.Nc1cc2cc(Br)ccc2s1. The van der Waals surface area contributed by atoms with E-state index in [1.165, 1.54) is 62.6 Å². The number of nitrogens with two attached hydrogens (primary N) is 1. The minimum absolute atomic E-state index is 0.151. The number of anilines is 6. The van der Waals surface area contributed by atoms with E-state index in [4.69, 9.17) is 29.3 Å². The Hall–Kier alpha value is -7.27. The summed E-state index contributed by atoms with van der Waals surface area (Å²) in [5.41, 5.74) is 8.35. The highest BCUT2D eigenvalue weighted by Gasteiger charge is 2.51. The number of sulfone groups is 1. The molecule has 93 heavy (non-hydrogen) atoms. The summed E-state index contributed by atoms with van der Waals surface area (Å²) in [6.45, 7) is 24.7. The second-order valence-electron chi connectivity index (χ2n) is 25.6. The molecule has 11 aromatic rings. The monoisotopic (exact) mass is 1480 g/mol. The van der Waals surface area contributed by atoms with Gasteiger partial charge < -0.3 is 34.6 Å². The first kappa shape index (κ1) is 70.1. The molecule has 26 heteroatoms. The number of hydrogen-bond donors (Lipinski definition) is 5. The fourth-order valence-electron chi connectivity index (χ4n) is 9.17. The van der Waals surface area contributed by atoms with E-state index in [0.29, 0.717) is 27.4 Å². The van der Waals surface area contributed by atoms with Gasteiger partial charge >= 0.3 is 25.4 Å². The number of aromatic nitrogens is 3. The predicted molar refractivity (Wildman–Crippen MR) is 392 cm³/mol. The van der Waals surface area contributed by atoms with Crippen molar-refractivity contribution in [1.82, 2.24) is 15.0 Å². The Bertz CT molecular complexity index is 4690. The third kappa shape index (κ3) is 19.0. The smallest absolute Gasteiger partial charge is 0.444 e. The number of pyridine rings is 1. The van der Waals surface area contributed by atoms with E-state index in [0.717, 1.165) is 77.1 Å². The summed E-state index contributed by atoms with van der Waals surface area (Å²) in [7, 11) is -3.86. The van der Waals surface area contributed by atoms with Gasteiger partial charge in [0.25, 0.3) is 0 Å². The summed E-state index contributed by atoms with van der Waals surface area (Å²) in [4.78, 5) is 49.1. The van der Waals surface area contributed by atoms with Crippen LogP contribution in [0.25, 0.3) is 62.5 Å². The number of nitrogen functional groups attached to an aromatic ring is 1. The number of amides is 3. The number of nitrogens with zero attached hydrogens (tertiary/aromatic N) is 3. The van der Waals surface area contributed by atoms with E-state index in [2.05, 4.69) is 80.2 Å². The van der Waals surface area contributed by atoms with Gasteiger partial charge in [-0.3, -0.25) is 30.9 Å². The number of halogens is 2. The molecule has 0 radical (unpaired) electrons. The van der Waals surface area contributed by atoms with Crippen molar-refractivity contribution in [2.45, 2.75) is 123 Å². The Labute approximate surface area is 573 Å². The molecular weight excluding hydrogens is 1410 g/mol. The molecule has 12 rings (SSSR count). The summed E-state index contributed by atoms with van der Waals surface area (Å²) >= 11 is 12.9. The molecule has 5 aromatic carbocycles. The summed E-state index contributed by atoms with van der Waals surface area (Å²) in [6, 6.07) is 37.2. The number of rotatable bonds is 8. The molecule has 6 N–H and O–H groups in total. The molecule has 1 aliphatic rings. The van der Waals surface area contributed by atoms with Crippen molar-refractivity contribution in [3.05, 3.63) is 149 Å². The summed E-state index contributed by atoms with van der Waals surface area (Å²) in [6.07, 6.45) is 5.95. The molecule has 18 nitrogen and oxygen atoms in total. The number of ether oxygens (including phenoxy) is 3. The van der Waals surface area contributed by atoms with Gasteiger partial charge in [0.15, 0.2) is 9.84 Å². The van der Waals surface area contributed by atoms with Crippen molar-refractivity contribution in [3.63, 3.8) is 0 Å². The number of nitrogens with one attached hydrogen (secondary N) is 4. The van der Waals surface area contributed by atoms with Crippen LogP contribution in [0.1, 0.15) is 90.0 Å². The highest BCUT2D eigenvalue weighted by atomic mass is 79.9. The van der Waals surface area contributed by atoms with Crippen LogP contribution < -0.4 is 32.5 Å². The molecule has 0 atom stereocenters. The molecule has 0 spiro atoms. The van der Waals surface area contributed by atoms with Crippen LogP contribution in [0.4, 0.5) is 45.8 Å². The molecule has 0 saturated carbocycles. The van der Waals surface area contributed by atoms with E-state index >= 15 is 0 Å². The molecule has 6 aromatic heterocycles. The van der Waals surface area contributed by atoms with Crippen LogP contribution in [-0.2, 0) is 33.4 Å². The zero-order chi connectivity index (χ0) is 67.6. The summed E-state index contributed by atoms with van der Waals surface area (Å²) in [5.74, 6) is 0. The van der Waals surface area contributed by atoms with Gasteiger partial charge in [-0.25, -0.2) is 22.8 Å². The van der Waals surface area contributed by atoms with Gasteiger partial charge in [-0.05, 0) is 220 Å². The quantitative estimate of drug-likeness (QED) is 0.0701. The van der Waals surface area contributed by atoms with Crippen LogP contribution in [-0.4, -0.2) is 83.0 Å². The molecule has 1 aliphatic heterocycles. The normalized spacial score (nSPS) is 13.7. The van der Waals surface area contributed by atoms with Crippen LogP contribution in [0.2, 0.25) is 0 Å². The second kappa shape index (κ2) is 28.0. The second-order valence-corrected chi connectivity index (χ2v) is 33.8. The van der Waals surface area contributed by atoms with Crippen molar-refractivity contribution < 1.29 is 46.3 Å². The van der Waals surface area contributed by atoms with E-state index in [1.807, 2.05) is 187 Å². The maximum Gasteiger partial charge on any atom is 0.494 e. The third-order valence-electron chi connectivity index (χ3n) is 13.8. The molecule has 0 bridgehead atoms.